The Labute approximate surface area is 129 Å². The van der Waals surface area contributed by atoms with Crippen LogP contribution >= 0.6 is 0 Å². The summed E-state index contributed by atoms with van der Waals surface area (Å²) in [6, 6.07) is 0. The van der Waals surface area contributed by atoms with E-state index in [1.807, 2.05) is 0 Å². The topological polar surface area (TPSA) is 121 Å². The third-order valence-electron chi connectivity index (χ3n) is 0. The van der Waals surface area contributed by atoms with Gasteiger partial charge in [-0.1, -0.05) is 0 Å². The van der Waals surface area contributed by atoms with E-state index in [2.05, 4.69) is 0 Å². The van der Waals surface area contributed by atoms with Crippen LogP contribution in [0.2, 0.25) is 0 Å². The fourth-order valence-electron chi connectivity index (χ4n) is 0. The van der Waals surface area contributed by atoms with Crippen molar-refractivity contribution >= 4 is 41.9 Å². The molecule has 0 saturated heterocycles. The quantitative estimate of drug-likeness (QED) is 0.175. The van der Waals surface area contributed by atoms with E-state index < -0.39 is 14.6 Å². The molecular weight excluding hydrogens is 521 g/mol. The van der Waals surface area contributed by atoms with Crippen LogP contribution in [-0.2, 0) is 58.4 Å². The van der Waals surface area contributed by atoms with Crippen LogP contribution < -0.4 is 0 Å². The zero-order valence-corrected chi connectivity index (χ0v) is 21.1. The second-order valence-corrected chi connectivity index (χ2v) is 0.693. The van der Waals surface area contributed by atoms with Gasteiger partial charge in [-0.25, -0.2) is 0 Å². The summed E-state index contributed by atoms with van der Waals surface area (Å²) in [5.74, 6) is 0. The Morgan fingerprint density at radius 1 is 0.500 bits per heavy atom. The van der Waals surface area contributed by atoms with E-state index in [4.69, 9.17) is 30.1 Å². The van der Waals surface area contributed by atoms with Crippen molar-refractivity contribution in [2.45, 2.75) is 0 Å². The Morgan fingerprint density at radius 2 is 0.500 bits per heavy atom. The summed E-state index contributed by atoms with van der Waals surface area (Å²) >= 11 is 0. The van der Waals surface area contributed by atoms with Crippen molar-refractivity contribution in [1.29, 1.82) is 0 Å². The van der Waals surface area contributed by atoms with Gasteiger partial charge in [-0.3, -0.25) is 0 Å². The van der Waals surface area contributed by atoms with Crippen LogP contribution in [0.15, 0.2) is 0 Å². The molecule has 60 valence electrons. The summed E-state index contributed by atoms with van der Waals surface area (Å²) in [5, 5.41) is 43.0. The van der Waals surface area contributed by atoms with Crippen LogP contribution in [0, 0.1) is 0 Å². The first-order valence-electron chi connectivity index (χ1n) is 1.55. The SMILES string of the molecule is OB(O)O.OB(O)O.[PbH2].[Zn].[Zn].[Zn]. The summed E-state index contributed by atoms with van der Waals surface area (Å²) in [7, 11) is -4.33. The summed E-state index contributed by atoms with van der Waals surface area (Å²) < 4.78 is 0. The van der Waals surface area contributed by atoms with Crippen molar-refractivity contribution in [2.24, 2.45) is 0 Å². The minimum absolute atomic E-state index is 0. The van der Waals surface area contributed by atoms with Crippen LogP contribution in [0.4, 0.5) is 0 Å². The molecule has 0 aliphatic rings. The van der Waals surface area contributed by atoms with Gasteiger partial charge < -0.3 is 30.1 Å². The Balaban J connectivity index is -0.0000000112. The predicted molar refractivity (Wildman–Crippen MR) is 33.4 cm³/mol. The normalized spacial score (nSPS) is 4.50. The molecule has 0 bridgehead atoms. The second kappa shape index (κ2) is 29.2. The third-order valence-corrected chi connectivity index (χ3v) is 0. The van der Waals surface area contributed by atoms with Crippen molar-refractivity contribution in [2.75, 3.05) is 0 Å². The zero-order valence-electron chi connectivity index (χ0n) is 6.67. The first-order chi connectivity index (χ1) is 3.46. The molecule has 0 saturated carbocycles. The Bertz CT molecular complexity index is 36.3. The van der Waals surface area contributed by atoms with E-state index >= 15 is 0 Å². The molecule has 0 unspecified atom stereocenters. The monoisotopic (exact) mass is 526 g/mol. The maximum Gasteiger partial charge on any atom is 0 e. The van der Waals surface area contributed by atoms with Crippen molar-refractivity contribution in [3.8, 4) is 0 Å². The van der Waals surface area contributed by atoms with E-state index in [9.17, 15) is 0 Å². The molecule has 6 N–H and O–H groups in total. The molecule has 0 aromatic heterocycles. The molecule has 0 heterocycles. The van der Waals surface area contributed by atoms with Gasteiger partial charge in [-0.15, -0.1) is 0 Å². The van der Waals surface area contributed by atoms with Gasteiger partial charge in [0.1, 0.15) is 0 Å². The number of hydrogen-bond donors (Lipinski definition) is 6. The van der Waals surface area contributed by atoms with Crippen LogP contribution in [0.1, 0.15) is 0 Å². The maximum atomic E-state index is 7.17. The molecule has 2 radical (unpaired) electrons. The first-order valence-corrected chi connectivity index (χ1v) is 1.55. The van der Waals surface area contributed by atoms with Gasteiger partial charge in [0.25, 0.3) is 0 Å². The second-order valence-electron chi connectivity index (χ2n) is 0.693. The molecule has 0 atom stereocenters. The molecule has 0 amide bonds. The predicted octanol–water partition coefficient (Wildman–Crippen LogP) is -5.03. The summed E-state index contributed by atoms with van der Waals surface area (Å²) in [6.45, 7) is 0. The molecule has 6 nitrogen and oxygen atoms in total. The minimum Gasteiger partial charge on any atom is 0 e. The average Bonchev–Trinajstić information content (AvgIpc) is 1.25. The van der Waals surface area contributed by atoms with Gasteiger partial charge >= 0.3 is 41.9 Å². The van der Waals surface area contributed by atoms with Gasteiger partial charge in [0.05, 0.1) is 0 Å². The molecule has 0 fully saturated rings. The first kappa shape index (κ1) is 36.5. The van der Waals surface area contributed by atoms with Gasteiger partial charge in [0.15, 0.2) is 0 Å². The number of rotatable bonds is 0. The zero-order chi connectivity index (χ0) is 7.15. The standard InChI is InChI=1S/2BH3O3.Pb.3Zn.2H/c2*2-1(3)4;;;;;;/h2*2-4H;;;;;;. The van der Waals surface area contributed by atoms with Crippen LogP contribution in [0.5, 0.6) is 0 Å². The molecular formula is H8B2O6PbZn3. The number of hydrogen-bond acceptors (Lipinski definition) is 6. The molecule has 0 aromatic rings. The van der Waals surface area contributed by atoms with Crippen molar-refractivity contribution in [3.63, 3.8) is 0 Å². The van der Waals surface area contributed by atoms with E-state index in [0.717, 1.165) is 0 Å². The van der Waals surface area contributed by atoms with Crippen molar-refractivity contribution in [3.05, 3.63) is 0 Å². The third kappa shape index (κ3) is 241. The fraction of sp³-hybridized carbons (Fsp3) is 0. The molecule has 12 heteroatoms. The summed E-state index contributed by atoms with van der Waals surface area (Å²) in [6.07, 6.45) is 0. The average molecular weight is 529 g/mol. The largest absolute Gasteiger partial charge is 0 e. The molecule has 0 rings (SSSR count). The summed E-state index contributed by atoms with van der Waals surface area (Å²) in [5.41, 5.74) is 0. The van der Waals surface area contributed by atoms with Crippen LogP contribution in [0.3, 0.4) is 0 Å². The minimum atomic E-state index is -2.17. The summed E-state index contributed by atoms with van der Waals surface area (Å²) in [4.78, 5) is 0. The van der Waals surface area contributed by atoms with Crippen LogP contribution in [-0.4, -0.2) is 72.1 Å². The van der Waals surface area contributed by atoms with E-state index in [1.165, 1.54) is 0 Å². The van der Waals surface area contributed by atoms with Gasteiger partial charge in [-0.2, -0.15) is 0 Å². The maximum absolute atomic E-state index is 7.17. The molecule has 0 spiro atoms. The van der Waals surface area contributed by atoms with Gasteiger partial charge in [0, 0.05) is 58.4 Å². The Hall–Kier alpha value is 2.68. The molecule has 0 aliphatic heterocycles. The van der Waals surface area contributed by atoms with Crippen molar-refractivity contribution < 1.29 is 88.6 Å². The molecule has 0 aliphatic carbocycles. The Morgan fingerprint density at radius 3 is 0.500 bits per heavy atom. The van der Waals surface area contributed by atoms with E-state index in [-0.39, 0.29) is 85.7 Å². The van der Waals surface area contributed by atoms with Crippen LogP contribution in [0.25, 0.3) is 0 Å². The van der Waals surface area contributed by atoms with E-state index in [1.54, 1.807) is 0 Å². The van der Waals surface area contributed by atoms with Gasteiger partial charge in [0.2, 0.25) is 0 Å². The Kier molecular flexibility index (Phi) is 88.7. The smallest absolute Gasteiger partial charge is 0 e. The molecule has 12 heavy (non-hydrogen) atoms. The van der Waals surface area contributed by atoms with E-state index in [0.29, 0.717) is 0 Å². The van der Waals surface area contributed by atoms with Crippen molar-refractivity contribution in [1.82, 2.24) is 0 Å². The molecule has 0 aromatic carbocycles. The van der Waals surface area contributed by atoms with Gasteiger partial charge in [-0.05, 0) is 0 Å². The fourth-order valence-corrected chi connectivity index (χ4v) is 0.